The zero-order valence-corrected chi connectivity index (χ0v) is 11.5. The average Bonchev–Trinajstić information content (AvgIpc) is 2.49. The second-order valence-corrected chi connectivity index (χ2v) is 4.90. The van der Waals surface area contributed by atoms with Crippen molar-refractivity contribution in [2.45, 2.75) is 6.92 Å². The molecule has 3 rings (SSSR count). The maximum absolute atomic E-state index is 14.3. The van der Waals surface area contributed by atoms with Crippen LogP contribution in [0.3, 0.4) is 0 Å². The third kappa shape index (κ3) is 2.57. The Bertz CT molecular complexity index is 774. The minimum Gasteiger partial charge on any atom is -0.207 e. The molecule has 1 radical (unpaired) electrons. The number of aryl methyl sites for hydroxylation is 1. The molecule has 0 amide bonds. The molecule has 0 fully saturated rings. The van der Waals surface area contributed by atoms with Crippen LogP contribution in [0.4, 0.5) is 8.78 Å². The highest BCUT2D eigenvalue weighted by Crippen LogP contribution is 2.35. The number of hydrogen-bond acceptors (Lipinski definition) is 0. The van der Waals surface area contributed by atoms with E-state index in [1.54, 1.807) is 18.2 Å². The van der Waals surface area contributed by atoms with Crippen LogP contribution in [-0.4, -0.2) is 0 Å². The molecule has 0 bridgehead atoms. The van der Waals surface area contributed by atoms with Gasteiger partial charge in [-0.15, -0.1) is 0 Å². The van der Waals surface area contributed by atoms with Crippen molar-refractivity contribution < 1.29 is 8.78 Å². The van der Waals surface area contributed by atoms with Gasteiger partial charge in [0.05, 0.1) is 0 Å². The molecule has 103 valence electrons. The van der Waals surface area contributed by atoms with Crippen LogP contribution < -0.4 is 0 Å². The normalized spacial score (nSPS) is 10.6. The molecule has 0 aliphatic heterocycles. The fraction of sp³-hybridized carbons (Fsp3) is 0.0526. The van der Waals surface area contributed by atoms with Crippen molar-refractivity contribution in [3.05, 3.63) is 83.9 Å². The van der Waals surface area contributed by atoms with Crippen molar-refractivity contribution in [2.24, 2.45) is 0 Å². The molecule has 3 aromatic carbocycles. The summed E-state index contributed by atoms with van der Waals surface area (Å²) in [6.45, 7) is 1.98. The molecule has 3 aromatic rings. The summed E-state index contributed by atoms with van der Waals surface area (Å²) in [5, 5.41) is 0. The van der Waals surface area contributed by atoms with E-state index in [4.69, 9.17) is 0 Å². The summed E-state index contributed by atoms with van der Waals surface area (Å²) in [6, 6.07) is 19.6. The molecule has 0 saturated heterocycles. The van der Waals surface area contributed by atoms with Gasteiger partial charge in [-0.1, -0.05) is 48.5 Å². The van der Waals surface area contributed by atoms with Gasteiger partial charge in [-0.25, -0.2) is 8.78 Å². The van der Waals surface area contributed by atoms with Crippen LogP contribution in [0.1, 0.15) is 5.56 Å². The predicted octanol–water partition coefficient (Wildman–Crippen LogP) is 5.41. The van der Waals surface area contributed by atoms with Gasteiger partial charge in [-0.05, 0) is 41.3 Å². The molecule has 0 atom stereocenters. The highest BCUT2D eigenvalue weighted by atomic mass is 19.1. The first-order valence-corrected chi connectivity index (χ1v) is 6.69. The van der Waals surface area contributed by atoms with Gasteiger partial charge in [0.15, 0.2) is 0 Å². The van der Waals surface area contributed by atoms with Crippen LogP contribution in [0.15, 0.2) is 60.7 Å². The Kier molecular flexibility index (Phi) is 3.53. The summed E-state index contributed by atoms with van der Waals surface area (Å²) in [7, 11) is 0. The van der Waals surface area contributed by atoms with E-state index in [0.29, 0.717) is 11.1 Å². The van der Waals surface area contributed by atoms with Gasteiger partial charge >= 0.3 is 0 Å². The molecule has 0 heterocycles. The molecule has 21 heavy (non-hydrogen) atoms. The number of hydrogen-bond donors (Lipinski definition) is 0. The topological polar surface area (TPSA) is 0 Å². The lowest BCUT2D eigenvalue weighted by atomic mass is 9.92. The fourth-order valence-electron chi connectivity index (χ4n) is 2.47. The van der Waals surface area contributed by atoms with Crippen molar-refractivity contribution >= 4 is 0 Å². The van der Waals surface area contributed by atoms with Crippen LogP contribution in [0.5, 0.6) is 0 Å². The molecule has 0 saturated carbocycles. The highest BCUT2D eigenvalue weighted by Gasteiger charge is 2.13. The molecular formula is C19H13F2. The SMILES string of the molecule is Cc1ccccc1-c1cc[c]c(F)c1-c1ccc(F)cc1. The predicted molar refractivity (Wildman–Crippen MR) is 80.8 cm³/mol. The van der Waals surface area contributed by atoms with Gasteiger partial charge in [0.25, 0.3) is 0 Å². The average molecular weight is 279 g/mol. The molecule has 0 aliphatic carbocycles. The third-order valence-electron chi connectivity index (χ3n) is 3.52. The van der Waals surface area contributed by atoms with E-state index >= 15 is 0 Å². The van der Waals surface area contributed by atoms with Crippen LogP contribution in [0.25, 0.3) is 22.3 Å². The maximum Gasteiger partial charge on any atom is 0.139 e. The standard InChI is InChI=1S/C19H13F2/c1-13-5-2-3-6-16(13)17-7-4-8-18(21)19(17)14-9-11-15(20)12-10-14/h2-7,9-12H,1H3. The molecular weight excluding hydrogens is 266 g/mol. The van der Waals surface area contributed by atoms with Gasteiger partial charge in [-0.3, -0.25) is 0 Å². The van der Waals surface area contributed by atoms with Crippen molar-refractivity contribution in [1.82, 2.24) is 0 Å². The number of rotatable bonds is 2. The van der Waals surface area contributed by atoms with Gasteiger partial charge in [-0.2, -0.15) is 0 Å². The van der Waals surface area contributed by atoms with Crippen LogP contribution in [-0.2, 0) is 0 Å². The lowest BCUT2D eigenvalue weighted by molar-refractivity contribution is 0.625. The summed E-state index contributed by atoms with van der Waals surface area (Å²) in [5.74, 6) is -0.765. The van der Waals surface area contributed by atoms with E-state index in [1.807, 2.05) is 37.3 Å². The second-order valence-electron chi connectivity index (χ2n) is 4.90. The molecule has 0 spiro atoms. The molecule has 0 aromatic heterocycles. The Balaban J connectivity index is 2.26. The Hall–Kier alpha value is -2.48. The van der Waals surface area contributed by atoms with Gasteiger partial charge in [0, 0.05) is 11.6 Å². The lowest BCUT2D eigenvalue weighted by Crippen LogP contribution is -1.92. The van der Waals surface area contributed by atoms with Crippen LogP contribution in [0, 0.1) is 24.6 Å². The summed E-state index contributed by atoms with van der Waals surface area (Å²) < 4.78 is 27.4. The van der Waals surface area contributed by atoms with Crippen LogP contribution in [0.2, 0.25) is 0 Å². The minimum absolute atomic E-state index is 0.337. The Labute approximate surface area is 122 Å². The first-order chi connectivity index (χ1) is 10.2. The van der Waals surface area contributed by atoms with E-state index in [1.165, 1.54) is 12.1 Å². The number of halogens is 2. The zero-order valence-electron chi connectivity index (χ0n) is 11.5. The van der Waals surface area contributed by atoms with Gasteiger partial charge in [0.2, 0.25) is 0 Å². The summed E-state index contributed by atoms with van der Waals surface area (Å²) in [6.07, 6.45) is 0. The quantitative estimate of drug-likeness (QED) is 0.588. The van der Waals surface area contributed by atoms with Crippen molar-refractivity contribution in [3.8, 4) is 22.3 Å². The van der Waals surface area contributed by atoms with E-state index in [2.05, 4.69) is 6.07 Å². The van der Waals surface area contributed by atoms with Crippen molar-refractivity contribution in [2.75, 3.05) is 0 Å². The second kappa shape index (κ2) is 5.49. The summed E-state index contributed by atoms with van der Waals surface area (Å²) in [4.78, 5) is 0. The zero-order chi connectivity index (χ0) is 14.8. The fourth-order valence-corrected chi connectivity index (χ4v) is 2.47. The maximum atomic E-state index is 14.3. The monoisotopic (exact) mass is 279 g/mol. The molecule has 0 unspecified atom stereocenters. The lowest BCUT2D eigenvalue weighted by Gasteiger charge is -2.13. The van der Waals surface area contributed by atoms with E-state index in [0.717, 1.165) is 16.7 Å². The largest absolute Gasteiger partial charge is 0.207 e. The van der Waals surface area contributed by atoms with Crippen molar-refractivity contribution in [3.63, 3.8) is 0 Å². The Morgan fingerprint density at radius 1 is 0.810 bits per heavy atom. The summed E-state index contributed by atoms with van der Waals surface area (Å²) in [5.41, 5.74) is 3.91. The third-order valence-corrected chi connectivity index (χ3v) is 3.52. The Morgan fingerprint density at radius 2 is 1.52 bits per heavy atom. The van der Waals surface area contributed by atoms with E-state index in [-0.39, 0.29) is 5.82 Å². The molecule has 2 heteroatoms. The molecule has 0 N–H and O–H groups in total. The van der Waals surface area contributed by atoms with Gasteiger partial charge in [0.1, 0.15) is 11.6 Å². The first kappa shape index (κ1) is 13.5. The molecule has 0 aliphatic rings. The van der Waals surface area contributed by atoms with E-state index in [9.17, 15) is 8.78 Å². The highest BCUT2D eigenvalue weighted by molar-refractivity contribution is 5.85. The smallest absolute Gasteiger partial charge is 0.139 e. The Morgan fingerprint density at radius 3 is 2.24 bits per heavy atom. The van der Waals surface area contributed by atoms with Crippen molar-refractivity contribution in [1.29, 1.82) is 0 Å². The summed E-state index contributed by atoms with van der Waals surface area (Å²) >= 11 is 0. The minimum atomic E-state index is -0.428. The first-order valence-electron chi connectivity index (χ1n) is 6.69. The molecule has 0 nitrogen and oxygen atoms in total. The van der Waals surface area contributed by atoms with Gasteiger partial charge < -0.3 is 0 Å². The van der Waals surface area contributed by atoms with E-state index < -0.39 is 5.82 Å². The van der Waals surface area contributed by atoms with Crippen LogP contribution >= 0.6 is 0 Å². The number of benzene rings is 3.